The van der Waals surface area contributed by atoms with Gasteiger partial charge in [-0.25, -0.2) is 9.59 Å². The van der Waals surface area contributed by atoms with Crippen LogP contribution in [0.15, 0.2) is 19.2 Å². The van der Waals surface area contributed by atoms with Crippen molar-refractivity contribution in [3.05, 3.63) is 53.1 Å². The lowest BCUT2D eigenvalue weighted by atomic mass is 10.0. The zero-order valence-electron chi connectivity index (χ0n) is 30.7. The zero-order valence-corrected chi connectivity index (χ0v) is 30.7. The molecule has 4 rings (SSSR count). The van der Waals surface area contributed by atoms with Gasteiger partial charge in [-0.1, -0.05) is 65.2 Å². The van der Waals surface area contributed by atoms with E-state index in [-0.39, 0.29) is 11.4 Å². The summed E-state index contributed by atoms with van der Waals surface area (Å²) in [4.78, 5) is 61.8. The predicted octanol–water partition coefficient (Wildman–Crippen LogP) is 5.53. The lowest BCUT2D eigenvalue weighted by Gasteiger charge is -2.21. The van der Waals surface area contributed by atoms with Crippen LogP contribution >= 0.6 is 0 Å². The Balaban J connectivity index is 1.84. The summed E-state index contributed by atoms with van der Waals surface area (Å²) in [7, 11) is 0. The number of hydrogen-bond acceptors (Lipinski definition) is 6. The molecular weight excluding hydrogens is 604 g/mol. The molecule has 0 saturated carbocycles. The van der Waals surface area contributed by atoms with Gasteiger partial charge in [0.2, 0.25) is 0 Å². The van der Waals surface area contributed by atoms with E-state index in [1.807, 2.05) is 13.8 Å². The third kappa shape index (κ3) is 9.71. The molecule has 0 amide bonds. The van der Waals surface area contributed by atoms with Gasteiger partial charge in [-0.3, -0.25) is 27.9 Å². The molecule has 2 aliphatic heterocycles. The topological polar surface area (TPSA) is 94.5 Å². The lowest BCUT2D eigenvalue weighted by Crippen LogP contribution is -2.46. The van der Waals surface area contributed by atoms with Crippen molar-refractivity contribution in [3.63, 3.8) is 0 Å². The van der Waals surface area contributed by atoms with Gasteiger partial charge in [-0.2, -0.15) is 0 Å². The molecule has 2 aromatic rings. The fourth-order valence-electron chi connectivity index (χ4n) is 7.79. The molecule has 0 N–H and O–H groups in total. The summed E-state index contributed by atoms with van der Waals surface area (Å²) < 4.78 is 6.25. The summed E-state index contributed by atoms with van der Waals surface area (Å²) >= 11 is 0. The van der Waals surface area contributed by atoms with E-state index in [9.17, 15) is 19.2 Å². The van der Waals surface area contributed by atoms with E-state index in [4.69, 9.17) is 0 Å². The molecule has 0 fully saturated rings. The maximum atomic E-state index is 14.4. The van der Waals surface area contributed by atoms with Gasteiger partial charge in [0.1, 0.15) is 0 Å². The second-order valence-corrected chi connectivity index (χ2v) is 14.2. The van der Waals surface area contributed by atoms with Crippen LogP contribution in [-0.2, 0) is 26.2 Å². The van der Waals surface area contributed by atoms with E-state index in [1.54, 1.807) is 9.13 Å². The van der Waals surface area contributed by atoms with E-state index in [0.717, 1.165) is 142 Å². The predicted molar refractivity (Wildman–Crippen MR) is 196 cm³/mol. The first kappa shape index (κ1) is 38.1. The zero-order chi connectivity index (χ0) is 34.5. The van der Waals surface area contributed by atoms with Gasteiger partial charge in [-0.05, 0) is 104 Å². The van der Waals surface area contributed by atoms with E-state index in [0.29, 0.717) is 48.7 Å². The lowest BCUT2D eigenvalue weighted by molar-refractivity contribution is 0.272. The molecular formula is C38H64N6O4. The Bertz CT molecular complexity index is 1440. The Hall–Kier alpha value is -2.72. The van der Waals surface area contributed by atoms with Crippen molar-refractivity contribution < 1.29 is 0 Å². The molecule has 0 aliphatic carbocycles. The third-order valence-corrected chi connectivity index (χ3v) is 10.9. The minimum absolute atomic E-state index is 0.279. The van der Waals surface area contributed by atoms with Crippen molar-refractivity contribution >= 4 is 0 Å². The van der Waals surface area contributed by atoms with Gasteiger partial charge in [0.25, 0.3) is 11.1 Å². The Morgan fingerprint density at radius 1 is 0.375 bits per heavy atom. The molecule has 0 atom stereocenters. The highest BCUT2D eigenvalue weighted by Gasteiger charge is 2.25. The van der Waals surface area contributed by atoms with Gasteiger partial charge in [0, 0.05) is 37.6 Å². The van der Waals surface area contributed by atoms with Crippen LogP contribution in [0.1, 0.15) is 128 Å². The van der Waals surface area contributed by atoms with Crippen molar-refractivity contribution in [1.82, 2.24) is 28.1 Å². The highest BCUT2D eigenvalue weighted by atomic mass is 16.2. The summed E-state index contributed by atoms with van der Waals surface area (Å²) in [5.74, 6) is 0. The van der Waals surface area contributed by atoms with Crippen molar-refractivity contribution in [3.8, 4) is 11.1 Å². The molecule has 10 heteroatoms. The molecule has 2 aromatic heterocycles. The van der Waals surface area contributed by atoms with Crippen LogP contribution in [0.5, 0.6) is 0 Å². The average Bonchev–Trinajstić information content (AvgIpc) is 3.07. The fraction of sp³-hybridized carbons (Fsp3) is 0.789. The average molecular weight is 669 g/mol. The molecule has 0 spiro atoms. The Morgan fingerprint density at radius 3 is 0.896 bits per heavy atom. The normalized spacial score (nSPS) is 19.7. The van der Waals surface area contributed by atoms with E-state index in [2.05, 4.69) is 23.6 Å². The smallest absolute Gasteiger partial charge is 0.304 e. The number of nitrogens with zero attached hydrogens (tertiary/aromatic N) is 6. The summed E-state index contributed by atoms with van der Waals surface area (Å²) in [5, 5.41) is 0. The van der Waals surface area contributed by atoms with Crippen LogP contribution in [0, 0.1) is 13.8 Å². The van der Waals surface area contributed by atoms with Crippen molar-refractivity contribution in [2.75, 3.05) is 39.3 Å². The van der Waals surface area contributed by atoms with Gasteiger partial charge in [-0.15, -0.1) is 0 Å². The maximum absolute atomic E-state index is 14.4. The van der Waals surface area contributed by atoms with E-state index >= 15 is 0 Å². The molecule has 0 unspecified atom stereocenters. The van der Waals surface area contributed by atoms with Crippen LogP contribution in [0.25, 0.3) is 11.1 Å². The Labute approximate surface area is 287 Å². The van der Waals surface area contributed by atoms with Gasteiger partial charge < -0.3 is 9.80 Å². The standard InChI is InChI=1S/C38H64N6O4/c1-5-39-23-15-7-11-19-27-41-31(3)33-34-32(4)42(28-20-12-8-16-24-39)38(48)44(36(34)46)30-22-14-10-18-26-40(6-2)25-17-9-13-21-29-43(35(33)45)37(41)47/h5-30H2,1-4H3. The summed E-state index contributed by atoms with van der Waals surface area (Å²) in [6.45, 7) is 16.2. The number of hydrogen-bond donors (Lipinski definition) is 0. The maximum Gasteiger partial charge on any atom is 0.331 e. The van der Waals surface area contributed by atoms with Crippen LogP contribution in [0.3, 0.4) is 0 Å². The summed E-state index contributed by atoms with van der Waals surface area (Å²) in [6.07, 6.45) is 15.8. The van der Waals surface area contributed by atoms with Crippen LogP contribution < -0.4 is 22.5 Å². The van der Waals surface area contributed by atoms with Crippen molar-refractivity contribution in [2.45, 2.75) is 157 Å². The fourth-order valence-corrected chi connectivity index (χ4v) is 7.79. The van der Waals surface area contributed by atoms with Crippen LogP contribution in [-0.4, -0.2) is 67.3 Å². The van der Waals surface area contributed by atoms with Gasteiger partial charge >= 0.3 is 11.4 Å². The molecule has 10 nitrogen and oxygen atoms in total. The summed E-state index contributed by atoms with van der Waals surface area (Å²) in [6, 6.07) is 0. The number of rotatable bonds is 2. The second-order valence-electron chi connectivity index (χ2n) is 14.2. The van der Waals surface area contributed by atoms with E-state index in [1.165, 1.54) is 9.13 Å². The summed E-state index contributed by atoms with van der Waals surface area (Å²) in [5.41, 5.74) is 0.327. The Morgan fingerprint density at radius 2 is 0.625 bits per heavy atom. The molecule has 0 radical (unpaired) electrons. The van der Waals surface area contributed by atoms with Crippen molar-refractivity contribution in [2.24, 2.45) is 0 Å². The Kier molecular flexibility index (Phi) is 15.4. The van der Waals surface area contributed by atoms with Gasteiger partial charge in [0.05, 0.1) is 11.1 Å². The molecule has 270 valence electrons. The molecule has 48 heavy (non-hydrogen) atoms. The molecule has 6 bridgehead atoms. The van der Waals surface area contributed by atoms with Crippen LogP contribution in [0.2, 0.25) is 0 Å². The minimum Gasteiger partial charge on any atom is -0.304 e. The highest BCUT2D eigenvalue weighted by Crippen LogP contribution is 2.21. The first-order valence-electron chi connectivity index (χ1n) is 19.4. The quantitative estimate of drug-likeness (QED) is 0.418. The number of fused-ring (bicyclic) bond motifs is 4. The largest absolute Gasteiger partial charge is 0.331 e. The first-order valence-corrected chi connectivity index (χ1v) is 19.4. The number of aromatic nitrogens is 4. The van der Waals surface area contributed by atoms with E-state index < -0.39 is 11.1 Å². The molecule has 0 aromatic carbocycles. The monoisotopic (exact) mass is 668 g/mol. The third-order valence-electron chi connectivity index (χ3n) is 10.9. The first-order chi connectivity index (χ1) is 23.3. The van der Waals surface area contributed by atoms with Gasteiger partial charge in [0.15, 0.2) is 0 Å². The van der Waals surface area contributed by atoms with Crippen molar-refractivity contribution in [1.29, 1.82) is 0 Å². The highest BCUT2D eigenvalue weighted by molar-refractivity contribution is 5.66. The molecule has 2 aliphatic rings. The second kappa shape index (κ2) is 19.5. The molecule has 0 saturated heterocycles. The molecule has 4 heterocycles. The SMILES string of the molecule is CCN1CCCCCCn2c(C)c3c(=O)n(c2=O)CCCCCCN(CC)CCCCCCn2c(=O)c-3c(C)n(c2=O)CCCCCC1. The van der Waals surface area contributed by atoms with Crippen LogP contribution in [0.4, 0.5) is 0 Å². The minimum atomic E-state index is -0.397.